The number of carboxylic acids is 1. The highest BCUT2D eigenvalue weighted by Gasteiger charge is 2.28. The maximum atomic E-state index is 13.0. The van der Waals surface area contributed by atoms with Gasteiger partial charge in [0.1, 0.15) is 17.5 Å². The molecule has 12 heteroatoms. The summed E-state index contributed by atoms with van der Waals surface area (Å²) in [6, 6.07) is 14.1. The Morgan fingerprint density at radius 1 is 0.949 bits per heavy atom. The number of aromatic amines is 1. The summed E-state index contributed by atoms with van der Waals surface area (Å²) in [5.74, 6) is -3.50. The van der Waals surface area contributed by atoms with Crippen LogP contribution in [-0.2, 0) is 11.3 Å². The van der Waals surface area contributed by atoms with Crippen molar-refractivity contribution >= 4 is 63.4 Å². The Hall–Kier alpha value is -4.54. The number of rotatable bonds is 9. The number of halogens is 2. The third kappa shape index (κ3) is 6.14. The number of carbonyl (C=O) groups excluding carboxylic acids is 3. The third-order valence-electron chi connectivity index (χ3n) is 5.91. The van der Waals surface area contributed by atoms with Crippen LogP contribution in [0.3, 0.4) is 0 Å². The van der Waals surface area contributed by atoms with E-state index in [1.165, 1.54) is 24.3 Å². The number of fused-ring (bicyclic) bond motifs is 1. The van der Waals surface area contributed by atoms with Gasteiger partial charge in [0.2, 0.25) is 0 Å². The summed E-state index contributed by atoms with van der Waals surface area (Å²) >= 11 is 12.5. The van der Waals surface area contributed by atoms with Crippen molar-refractivity contribution in [2.45, 2.75) is 19.0 Å². The highest BCUT2D eigenvalue weighted by molar-refractivity contribution is 6.40. The van der Waals surface area contributed by atoms with Crippen molar-refractivity contribution in [2.24, 2.45) is 0 Å². The van der Waals surface area contributed by atoms with Gasteiger partial charge in [0.15, 0.2) is 5.78 Å². The molecule has 1 heterocycles. The average molecular weight is 569 g/mol. The molecule has 1 aromatic heterocycles. The summed E-state index contributed by atoms with van der Waals surface area (Å²) in [6.45, 7) is 0.115. The molecule has 200 valence electrons. The van der Waals surface area contributed by atoms with Crippen molar-refractivity contribution in [3.05, 3.63) is 93.1 Å². The number of nitrogen functional groups attached to an aromatic ring is 1. The number of aliphatic carboxylic acids is 1. The molecule has 2 amide bonds. The van der Waals surface area contributed by atoms with Crippen LogP contribution in [0.5, 0.6) is 5.75 Å². The first-order valence-electron chi connectivity index (χ1n) is 11.5. The molecule has 0 saturated heterocycles. The molecule has 0 aliphatic heterocycles. The molecule has 0 aliphatic rings. The number of ketones is 1. The lowest BCUT2D eigenvalue weighted by atomic mass is 10.0. The van der Waals surface area contributed by atoms with Crippen molar-refractivity contribution in [1.29, 1.82) is 0 Å². The number of anilines is 1. The topological polar surface area (TPSA) is 175 Å². The van der Waals surface area contributed by atoms with Crippen LogP contribution < -0.4 is 16.4 Å². The lowest BCUT2D eigenvalue weighted by Crippen LogP contribution is -2.42. The predicted octanol–water partition coefficient (Wildman–Crippen LogP) is 4.15. The van der Waals surface area contributed by atoms with E-state index in [0.717, 1.165) is 0 Å². The Kier molecular flexibility index (Phi) is 8.08. The fourth-order valence-corrected chi connectivity index (χ4v) is 4.68. The first kappa shape index (κ1) is 27.5. The monoisotopic (exact) mass is 568 g/mol. The number of benzene rings is 3. The zero-order chi connectivity index (χ0) is 28.3. The molecule has 1 atom stereocenters. The van der Waals surface area contributed by atoms with Crippen LogP contribution in [-0.4, -0.2) is 44.8 Å². The number of amides is 2. The van der Waals surface area contributed by atoms with E-state index >= 15 is 0 Å². The number of phenolic OH excluding ortho intramolecular Hbond substituents is 1. The van der Waals surface area contributed by atoms with Gasteiger partial charge in [0.25, 0.3) is 11.8 Å². The van der Waals surface area contributed by atoms with Gasteiger partial charge in [-0.1, -0.05) is 53.5 Å². The van der Waals surface area contributed by atoms with Crippen LogP contribution in [0.2, 0.25) is 10.0 Å². The van der Waals surface area contributed by atoms with Gasteiger partial charge in [-0.3, -0.25) is 14.4 Å². The van der Waals surface area contributed by atoms with Crippen molar-refractivity contribution in [3.63, 3.8) is 0 Å². The van der Waals surface area contributed by atoms with E-state index in [1.54, 1.807) is 36.4 Å². The molecular formula is C27H22Cl2N4O6. The summed E-state index contributed by atoms with van der Waals surface area (Å²) in [7, 11) is 0. The number of aromatic hydroxyl groups is 1. The van der Waals surface area contributed by atoms with Crippen LogP contribution in [0.1, 0.15) is 43.2 Å². The summed E-state index contributed by atoms with van der Waals surface area (Å²) < 4.78 is 0. The second kappa shape index (κ2) is 11.5. The van der Waals surface area contributed by atoms with E-state index < -0.39 is 36.0 Å². The molecule has 0 bridgehead atoms. The normalized spacial score (nSPS) is 11.6. The van der Waals surface area contributed by atoms with E-state index in [1.807, 2.05) is 0 Å². The molecule has 1 unspecified atom stereocenters. The Morgan fingerprint density at radius 2 is 1.64 bits per heavy atom. The number of nitrogens with two attached hydrogens (primary N) is 1. The highest BCUT2D eigenvalue weighted by atomic mass is 35.5. The second-order valence-corrected chi connectivity index (χ2v) is 9.43. The Bertz CT molecular complexity index is 1590. The maximum absolute atomic E-state index is 13.0. The molecule has 10 nitrogen and oxygen atoms in total. The first-order chi connectivity index (χ1) is 18.5. The van der Waals surface area contributed by atoms with Gasteiger partial charge in [-0.05, 0) is 35.9 Å². The quantitative estimate of drug-likeness (QED) is 0.164. The van der Waals surface area contributed by atoms with Gasteiger partial charge in [0, 0.05) is 29.4 Å². The molecule has 39 heavy (non-hydrogen) atoms. The highest BCUT2D eigenvalue weighted by Crippen LogP contribution is 2.29. The van der Waals surface area contributed by atoms with Gasteiger partial charge in [-0.15, -0.1) is 0 Å². The zero-order valence-electron chi connectivity index (χ0n) is 20.1. The van der Waals surface area contributed by atoms with E-state index in [2.05, 4.69) is 15.6 Å². The molecular weight excluding hydrogens is 547 g/mol. The van der Waals surface area contributed by atoms with Crippen LogP contribution in [0, 0.1) is 0 Å². The third-order valence-corrected chi connectivity index (χ3v) is 6.51. The minimum Gasteiger partial charge on any atom is -0.508 e. The van der Waals surface area contributed by atoms with Crippen molar-refractivity contribution < 1.29 is 29.4 Å². The largest absolute Gasteiger partial charge is 0.508 e. The standard InChI is InChI=1S/C27H22Cl2N4O6/c28-17-9-14(25(36)31-12-13-4-3-5-15(34)8-13)10-18(29)22(17)21(35)11-20(27(38)39)33-26(37)24-23(30)16-6-1-2-7-19(16)32-24/h1-10,20,32,34H,11-12,30H2,(H,31,36)(H,33,37)(H,38,39). The molecule has 7 N–H and O–H groups in total. The van der Waals surface area contributed by atoms with Crippen molar-refractivity contribution in [2.75, 3.05) is 5.73 Å². The smallest absolute Gasteiger partial charge is 0.326 e. The fourth-order valence-electron chi connectivity index (χ4n) is 3.98. The number of Topliss-reactive ketones (excluding diaryl/α,β-unsaturated/α-hetero) is 1. The van der Waals surface area contributed by atoms with E-state index in [-0.39, 0.29) is 44.8 Å². The number of phenols is 1. The fraction of sp³-hybridized carbons (Fsp3) is 0.111. The van der Waals surface area contributed by atoms with Gasteiger partial charge < -0.3 is 31.6 Å². The van der Waals surface area contributed by atoms with Crippen molar-refractivity contribution in [3.8, 4) is 5.75 Å². The number of hydrogen-bond acceptors (Lipinski definition) is 6. The molecule has 0 fully saturated rings. The number of H-pyrrole nitrogens is 1. The molecule has 4 aromatic rings. The van der Waals surface area contributed by atoms with Crippen LogP contribution in [0.4, 0.5) is 5.69 Å². The van der Waals surface area contributed by atoms with Crippen LogP contribution >= 0.6 is 23.2 Å². The Labute approximate surface area is 231 Å². The zero-order valence-corrected chi connectivity index (χ0v) is 21.6. The molecule has 4 rings (SSSR count). The molecule has 0 spiro atoms. The number of para-hydroxylation sites is 1. The summed E-state index contributed by atoms with van der Waals surface area (Å²) in [4.78, 5) is 53.1. The molecule has 3 aromatic carbocycles. The van der Waals surface area contributed by atoms with Gasteiger partial charge in [-0.25, -0.2) is 4.79 Å². The van der Waals surface area contributed by atoms with E-state index in [4.69, 9.17) is 28.9 Å². The van der Waals surface area contributed by atoms with E-state index in [0.29, 0.717) is 16.5 Å². The van der Waals surface area contributed by atoms with Gasteiger partial charge in [-0.2, -0.15) is 0 Å². The van der Waals surface area contributed by atoms with Gasteiger partial charge in [0.05, 0.1) is 21.3 Å². The maximum Gasteiger partial charge on any atom is 0.326 e. The number of carbonyl (C=O) groups is 4. The molecule has 0 radical (unpaired) electrons. The Morgan fingerprint density at radius 3 is 2.28 bits per heavy atom. The van der Waals surface area contributed by atoms with E-state index in [9.17, 15) is 29.4 Å². The minimum atomic E-state index is -1.62. The SMILES string of the molecule is Nc1c(C(=O)NC(CC(=O)c2c(Cl)cc(C(=O)NCc3cccc(O)c3)cc2Cl)C(=O)O)[nH]c2ccccc12. The number of aromatic nitrogens is 1. The summed E-state index contributed by atoms with van der Waals surface area (Å²) in [6.07, 6.45) is -0.663. The van der Waals surface area contributed by atoms with Crippen molar-refractivity contribution in [1.82, 2.24) is 15.6 Å². The van der Waals surface area contributed by atoms with Crippen LogP contribution in [0.25, 0.3) is 10.9 Å². The number of hydrogen-bond donors (Lipinski definition) is 6. The lowest BCUT2D eigenvalue weighted by molar-refractivity contribution is -0.139. The lowest BCUT2D eigenvalue weighted by Gasteiger charge is -2.15. The summed E-state index contributed by atoms with van der Waals surface area (Å²) in [5, 5.41) is 24.4. The average Bonchev–Trinajstić information content (AvgIpc) is 3.23. The van der Waals surface area contributed by atoms with Gasteiger partial charge >= 0.3 is 5.97 Å². The second-order valence-electron chi connectivity index (χ2n) is 8.62. The molecule has 0 aliphatic carbocycles. The number of carboxylic acid groups (broad SMARTS) is 1. The number of nitrogens with one attached hydrogen (secondary N) is 3. The summed E-state index contributed by atoms with van der Waals surface area (Å²) in [5.41, 5.74) is 7.27. The Balaban J connectivity index is 1.47. The predicted molar refractivity (Wildman–Crippen MR) is 146 cm³/mol. The molecule has 0 saturated carbocycles. The van der Waals surface area contributed by atoms with Crippen LogP contribution in [0.15, 0.2) is 60.7 Å². The minimum absolute atomic E-state index is 0.0351. The first-order valence-corrected chi connectivity index (χ1v) is 12.3.